The minimum Gasteiger partial charge on any atom is -0.395 e. The van der Waals surface area contributed by atoms with Crippen LogP contribution in [0.5, 0.6) is 11.5 Å². The maximum atomic E-state index is 13.3. The Morgan fingerprint density at radius 2 is 1.90 bits per heavy atom. The van der Waals surface area contributed by atoms with Gasteiger partial charge in [-0.05, 0) is 74.8 Å². The average molecular weight is 538 g/mol. The minimum absolute atomic E-state index is 0.105. The van der Waals surface area contributed by atoms with Gasteiger partial charge in [0, 0.05) is 42.8 Å². The van der Waals surface area contributed by atoms with E-state index in [4.69, 9.17) is 0 Å². The van der Waals surface area contributed by atoms with Gasteiger partial charge in [0.1, 0.15) is 5.69 Å². The molecule has 9 nitrogen and oxygen atoms in total. The van der Waals surface area contributed by atoms with Crippen LogP contribution in [0.2, 0.25) is 0 Å². The smallest absolute Gasteiger partial charge is 0.395 e. The van der Waals surface area contributed by atoms with Crippen molar-refractivity contribution in [2.24, 2.45) is 0 Å². The Bertz CT molecular complexity index is 1370. The molecule has 0 bridgehead atoms. The molecule has 1 unspecified atom stereocenters. The summed E-state index contributed by atoms with van der Waals surface area (Å²) < 4.78 is 35.4. The maximum Gasteiger partial charge on any atom is 0.586 e. The van der Waals surface area contributed by atoms with Crippen LogP contribution in [0.15, 0.2) is 60.8 Å². The largest absolute Gasteiger partial charge is 0.586 e. The number of nitrogens with one attached hydrogen (secondary N) is 3. The first-order valence-corrected chi connectivity index (χ1v) is 12.7. The number of amides is 2. The Kier molecular flexibility index (Phi) is 7.60. The monoisotopic (exact) mass is 537 g/mol. The molecule has 3 N–H and O–H groups in total. The van der Waals surface area contributed by atoms with Crippen molar-refractivity contribution < 1.29 is 27.8 Å². The summed E-state index contributed by atoms with van der Waals surface area (Å²) in [4.78, 5) is 32.2. The van der Waals surface area contributed by atoms with Gasteiger partial charge in [-0.15, -0.1) is 8.78 Å². The minimum atomic E-state index is -3.73. The number of ether oxygens (including phenoxy) is 2. The van der Waals surface area contributed by atoms with E-state index in [9.17, 15) is 18.4 Å². The fourth-order valence-corrected chi connectivity index (χ4v) is 4.75. The van der Waals surface area contributed by atoms with Crippen LogP contribution < -0.4 is 25.4 Å². The van der Waals surface area contributed by atoms with Gasteiger partial charge < -0.3 is 30.3 Å². The molecule has 2 amide bonds. The second kappa shape index (κ2) is 11.2. The molecule has 2 aromatic carbocycles. The third-order valence-corrected chi connectivity index (χ3v) is 6.81. The second-order valence-corrected chi connectivity index (χ2v) is 9.55. The zero-order chi connectivity index (χ0) is 27.4. The summed E-state index contributed by atoms with van der Waals surface area (Å²) >= 11 is 0. The number of anilines is 2. The molecule has 204 valence electrons. The van der Waals surface area contributed by atoms with Gasteiger partial charge in [-0.3, -0.25) is 14.6 Å². The Morgan fingerprint density at radius 1 is 1.08 bits per heavy atom. The highest BCUT2D eigenvalue weighted by atomic mass is 19.3. The van der Waals surface area contributed by atoms with Crippen molar-refractivity contribution in [2.75, 3.05) is 30.8 Å². The van der Waals surface area contributed by atoms with E-state index in [1.807, 2.05) is 0 Å². The number of alkyl halides is 2. The van der Waals surface area contributed by atoms with E-state index >= 15 is 0 Å². The average Bonchev–Trinajstić information content (AvgIpc) is 3.47. The van der Waals surface area contributed by atoms with Crippen LogP contribution in [0, 0.1) is 0 Å². The number of rotatable bonds is 9. The fourth-order valence-electron chi connectivity index (χ4n) is 4.75. The van der Waals surface area contributed by atoms with E-state index in [-0.39, 0.29) is 23.1 Å². The molecule has 1 aromatic heterocycles. The number of carbonyl (C=O) groups excluding carboxylic acids is 2. The third kappa shape index (κ3) is 6.43. The molecule has 39 heavy (non-hydrogen) atoms. The van der Waals surface area contributed by atoms with E-state index < -0.39 is 12.2 Å². The van der Waals surface area contributed by atoms with Crippen molar-refractivity contribution in [1.82, 2.24) is 15.2 Å². The Hall–Kier alpha value is -4.25. The van der Waals surface area contributed by atoms with Gasteiger partial charge >= 0.3 is 6.29 Å². The molecule has 0 radical (unpaired) electrons. The maximum absolute atomic E-state index is 13.3. The highest BCUT2D eigenvalue weighted by Crippen LogP contribution is 2.42. The summed E-state index contributed by atoms with van der Waals surface area (Å²) in [7, 11) is 2.11. The lowest BCUT2D eigenvalue weighted by Gasteiger charge is -2.19. The molecule has 1 fully saturated rings. The summed E-state index contributed by atoms with van der Waals surface area (Å²) in [6.45, 7) is 2.03. The summed E-state index contributed by atoms with van der Waals surface area (Å²) in [6.07, 6.45) is 1.10. The normalized spacial score (nSPS) is 17.6. The number of aromatic nitrogens is 1. The molecule has 1 saturated heterocycles. The zero-order valence-electron chi connectivity index (χ0n) is 21.4. The standard InChI is InChI=1S/C28H29F2N5O4/c1-35-14-4-5-20(35)11-13-32-27(37)23-15-18(10-12-31-23)17-33-22-7-3-2-6-21(22)26(36)34-19-8-9-24-25(16-19)39-28(29,30)38-24/h2-3,6-10,12,15-16,20,33H,4-5,11,13-14,17H2,1H3,(H,32,37)(H,34,36). The molecular weight excluding hydrogens is 508 g/mol. The van der Waals surface area contributed by atoms with Gasteiger partial charge in [-0.1, -0.05) is 12.1 Å². The van der Waals surface area contributed by atoms with E-state index in [2.05, 4.69) is 42.4 Å². The molecule has 0 spiro atoms. The lowest BCUT2D eigenvalue weighted by Crippen LogP contribution is -2.32. The van der Waals surface area contributed by atoms with Crippen molar-refractivity contribution in [2.45, 2.75) is 38.1 Å². The first-order chi connectivity index (χ1) is 18.8. The molecule has 0 aliphatic carbocycles. The quantitative estimate of drug-likeness (QED) is 0.370. The predicted octanol–water partition coefficient (Wildman–Crippen LogP) is 4.48. The Labute approximate surface area is 224 Å². The lowest BCUT2D eigenvalue weighted by molar-refractivity contribution is -0.286. The molecule has 2 aliphatic heterocycles. The summed E-state index contributed by atoms with van der Waals surface area (Å²) in [5.41, 5.74) is 2.33. The number of fused-ring (bicyclic) bond motifs is 1. The van der Waals surface area contributed by atoms with Crippen molar-refractivity contribution in [1.29, 1.82) is 0 Å². The fraction of sp³-hybridized carbons (Fsp3) is 0.321. The first-order valence-electron chi connectivity index (χ1n) is 12.7. The highest BCUT2D eigenvalue weighted by molar-refractivity contribution is 6.08. The van der Waals surface area contributed by atoms with Gasteiger partial charge in [-0.2, -0.15) is 0 Å². The van der Waals surface area contributed by atoms with Crippen LogP contribution in [0.4, 0.5) is 20.2 Å². The van der Waals surface area contributed by atoms with Crippen LogP contribution in [-0.2, 0) is 6.54 Å². The van der Waals surface area contributed by atoms with Crippen molar-refractivity contribution in [3.63, 3.8) is 0 Å². The van der Waals surface area contributed by atoms with Gasteiger partial charge in [0.05, 0.1) is 5.56 Å². The van der Waals surface area contributed by atoms with E-state index in [0.29, 0.717) is 36.1 Å². The van der Waals surface area contributed by atoms with Gasteiger partial charge in [0.15, 0.2) is 11.5 Å². The number of halogens is 2. The predicted molar refractivity (Wildman–Crippen MR) is 141 cm³/mol. The summed E-state index contributed by atoms with van der Waals surface area (Å²) in [5, 5.41) is 8.88. The molecule has 1 atom stereocenters. The van der Waals surface area contributed by atoms with Crippen LogP contribution in [0.25, 0.3) is 0 Å². The topological polar surface area (TPSA) is 105 Å². The number of hydrogen-bond acceptors (Lipinski definition) is 7. The molecule has 3 aromatic rings. The van der Waals surface area contributed by atoms with Crippen molar-refractivity contribution >= 4 is 23.2 Å². The molecule has 3 heterocycles. The number of benzene rings is 2. The van der Waals surface area contributed by atoms with E-state index in [0.717, 1.165) is 24.9 Å². The number of carbonyl (C=O) groups is 2. The zero-order valence-corrected chi connectivity index (χ0v) is 21.4. The highest BCUT2D eigenvalue weighted by Gasteiger charge is 2.43. The number of hydrogen-bond donors (Lipinski definition) is 3. The van der Waals surface area contributed by atoms with Gasteiger partial charge in [0.2, 0.25) is 0 Å². The Balaban J connectivity index is 1.18. The molecule has 0 saturated carbocycles. The van der Waals surface area contributed by atoms with Gasteiger partial charge in [-0.25, -0.2) is 0 Å². The van der Waals surface area contributed by atoms with Crippen LogP contribution in [-0.4, -0.2) is 54.2 Å². The third-order valence-electron chi connectivity index (χ3n) is 6.81. The van der Waals surface area contributed by atoms with Crippen molar-refractivity contribution in [3.05, 3.63) is 77.6 Å². The van der Waals surface area contributed by atoms with Crippen LogP contribution in [0.3, 0.4) is 0 Å². The number of nitrogens with zero attached hydrogens (tertiary/aromatic N) is 2. The van der Waals surface area contributed by atoms with Gasteiger partial charge in [0.25, 0.3) is 11.8 Å². The van der Waals surface area contributed by atoms with Crippen LogP contribution >= 0.6 is 0 Å². The lowest BCUT2D eigenvalue weighted by atomic mass is 10.1. The number of pyridine rings is 1. The number of para-hydroxylation sites is 1. The number of likely N-dealkylation sites (tertiary alicyclic amines) is 1. The molecular formula is C28H29F2N5O4. The molecule has 5 rings (SSSR count). The molecule has 11 heteroatoms. The SMILES string of the molecule is CN1CCCC1CCNC(=O)c1cc(CNc2ccccc2C(=O)Nc2ccc3c(c2)OC(F)(F)O3)ccn1. The molecule has 2 aliphatic rings. The summed E-state index contributed by atoms with van der Waals surface area (Å²) in [5.74, 6) is -0.926. The first kappa shape index (κ1) is 26.4. The van der Waals surface area contributed by atoms with Crippen molar-refractivity contribution in [3.8, 4) is 11.5 Å². The van der Waals surface area contributed by atoms with Crippen LogP contribution in [0.1, 0.15) is 45.7 Å². The summed E-state index contributed by atoms with van der Waals surface area (Å²) in [6, 6.07) is 15.0. The second-order valence-electron chi connectivity index (χ2n) is 9.55. The van der Waals surface area contributed by atoms with E-state index in [1.54, 1.807) is 42.6 Å². The van der Waals surface area contributed by atoms with E-state index in [1.165, 1.54) is 24.6 Å². The Morgan fingerprint density at radius 3 is 2.72 bits per heavy atom.